The monoisotopic (exact) mass is 203 g/mol. The average molecular weight is 203 g/mol. The van der Waals surface area contributed by atoms with Crippen LogP contribution in [0.1, 0.15) is 26.2 Å². The Kier molecular flexibility index (Phi) is 6.74. The van der Waals surface area contributed by atoms with Crippen molar-refractivity contribution in [3.8, 4) is 0 Å². The first kappa shape index (κ1) is 12.9. The summed E-state index contributed by atoms with van der Waals surface area (Å²) >= 11 is 0. The Morgan fingerprint density at radius 2 is 1.93 bits per heavy atom. The molecular formula is C9H17NO4. The lowest BCUT2D eigenvalue weighted by atomic mass is 10.2. The first-order valence-corrected chi connectivity index (χ1v) is 4.72. The van der Waals surface area contributed by atoms with Gasteiger partial charge in [0, 0.05) is 26.1 Å². The van der Waals surface area contributed by atoms with Gasteiger partial charge < -0.3 is 15.1 Å². The van der Waals surface area contributed by atoms with Crippen LogP contribution >= 0.6 is 0 Å². The Labute approximate surface area is 83.3 Å². The van der Waals surface area contributed by atoms with Gasteiger partial charge in [-0.3, -0.25) is 9.59 Å². The molecule has 0 saturated heterocycles. The number of aliphatic hydroxyl groups excluding tert-OH is 1. The van der Waals surface area contributed by atoms with Crippen molar-refractivity contribution in [1.29, 1.82) is 0 Å². The molecule has 14 heavy (non-hydrogen) atoms. The fraction of sp³-hybridized carbons (Fsp3) is 0.778. The third kappa shape index (κ3) is 5.53. The summed E-state index contributed by atoms with van der Waals surface area (Å²) in [6.07, 6.45) is 0.440. The number of hydrogen-bond acceptors (Lipinski definition) is 3. The van der Waals surface area contributed by atoms with Crippen LogP contribution in [0.3, 0.4) is 0 Å². The van der Waals surface area contributed by atoms with Crippen molar-refractivity contribution in [2.45, 2.75) is 26.2 Å². The molecule has 0 aromatic rings. The van der Waals surface area contributed by atoms with Gasteiger partial charge in [0.1, 0.15) is 0 Å². The molecule has 1 amide bonds. The third-order valence-corrected chi connectivity index (χ3v) is 1.87. The van der Waals surface area contributed by atoms with Gasteiger partial charge in [-0.15, -0.1) is 0 Å². The zero-order chi connectivity index (χ0) is 11.0. The maximum absolute atomic E-state index is 11.4. The summed E-state index contributed by atoms with van der Waals surface area (Å²) in [5, 5.41) is 17.0. The second-order valence-corrected chi connectivity index (χ2v) is 2.94. The molecule has 0 fully saturated rings. The predicted octanol–water partition coefficient (Wildman–Crippen LogP) is 0.0821. The SMILES string of the molecule is CCN(CCCO)C(=O)CCC(=O)O. The highest BCUT2D eigenvalue weighted by atomic mass is 16.4. The van der Waals surface area contributed by atoms with E-state index in [4.69, 9.17) is 10.2 Å². The molecule has 0 heterocycles. The largest absolute Gasteiger partial charge is 0.481 e. The van der Waals surface area contributed by atoms with E-state index in [9.17, 15) is 9.59 Å². The van der Waals surface area contributed by atoms with Crippen molar-refractivity contribution < 1.29 is 19.8 Å². The molecular weight excluding hydrogens is 186 g/mol. The molecule has 0 unspecified atom stereocenters. The zero-order valence-electron chi connectivity index (χ0n) is 8.40. The van der Waals surface area contributed by atoms with E-state index in [1.165, 1.54) is 0 Å². The number of aliphatic carboxylic acids is 1. The molecule has 0 aromatic carbocycles. The van der Waals surface area contributed by atoms with E-state index in [-0.39, 0.29) is 25.4 Å². The Morgan fingerprint density at radius 3 is 2.36 bits per heavy atom. The normalized spacial score (nSPS) is 9.86. The molecule has 5 heteroatoms. The van der Waals surface area contributed by atoms with Crippen LogP contribution in [0.4, 0.5) is 0 Å². The van der Waals surface area contributed by atoms with E-state index in [0.717, 1.165) is 0 Å². The van der Waals surface area contributed by atoms with Crippen LogP contribution in [0.15, 0.2) is 0 Å². The summed E-state index contributed by atoms with van der Waals surface area (Å²) in [6.45, 7) is 2.92. The maximum atomic E-state index is 11.4. The Morgan fingerprint density at radius 1 is 1.29 bits per heavy atom. The van der Waals surface area contributed by atoms with Crippen molar-refractivity contribution in [1.82, 2.24) is 4.90 Å². The van der Waals surface area contributed by atoms with Crippen molar-refractivity contribution in [2.75, 3.05) is 19.7 Å². The van der Waals surface area contributed by atoms with Gasteiger partial charge in [-0.1, -0.05) is 0 Å². The number of aliphatic hydroxyl groups is 1. The van der Waals surface area contributed by atoms with Gasteiger partial charge >= 0.3 is 5.97 Å². The van der Waals surface area contributed by atoms with Crippen molar-refractivity contribution in [2.24, 2.45) is 0 Å². The average Bonchev–Trinajstić information content (AvgIpc) is 2.16. The second kappa shape index (κ2) is 7.32. The number of nitrogens with zero attached hydrogens (tertiary/aromatic N) is 1. The molecule has 2 N–H and O–H groups in total. The lowest BCUT2D eigenvalue weighted by molar-refractivity contribution is -0.140. The van der Waals surface area contributed by atoms with Gasteiger partial charge in [-0.05, 0) is 13.3 Å². The maximum Gasteiger partial charge on any atom is 0.303 e. The Hall–Kier alpha value is -1.10. The van der Waals surface area contributed by atoms with Gasteiger partial charge in [-0.25, -0.2) is 0 Å². The van der Waals surface area contributed by atoms with Crippen LogP contribution < -0.4 is 0 Å². The van der Waals surface area contributed by atoms with Crippen molar-refractivity contribution >= 4 is 11.9 Å². The van der Waals surface area contributed by atoms with E-state index in [0.29, 0.717) is 19.5 Å². The Bertz CT molecular complexity index is 193. The number of carboxylic acid groups (broad SMARTS) is 1. The summed E-state index contributed by atoms with van der Waals surface area (Å²) in [7, 11) is 0. The van der Waals surface area contributed by atoms with Gasteiger partial charge in [0.2, 0.25) is 5.91 Å². The third-order valence-electron chi connectivity index (χ3n) is 1.87. The lowest BCUT2D eigenvalue weighted by Gasteiger charge is -2.19. The minimum Gasteiger partial charge on any atom is -0.481 e. The number of carbonyl (C=O) groups is 2. The highest BCUT2D eigenvalue weighted by Gasteiger charge is 2.12. The quantitative estimate of drug-likeness (QED) is 0.614. The molecule has 0 spiro atoms. The van der Waals surface area contributed by atoms with Crippen molar-refractivity contribution in [3.05, 3.63) is 0 Å². The van der Waals surface area contributed by atoms with E-state index < -0.39 is 5.97 Å². The van der Waals surface area contributed by atoms with Crippen LogP contribution in [0.5, 0.6) is 0 Å². The standard InChI is InChI=1S/C9H17NO4/c1-2-10(6-3-7-11)8(12)4-5-9(13)14/h11H,2-7H2,1H3,(H,13,14). The highest BCUT2D eigenvalue weighted by Crippen LogP contribution is 1.99. The highest BCUT2D eigenvalue weighted by molar-refractivity contribution is 5.80. The summed E-state index contributed by atoms with van der Waals surface area (Å²) in [6, 6.07) is 0. The molecule has 0 aliphatic carbocycles. The molecule has 5 nitrogen and oxygen atoms in total. The molecule has 0 aliphatic rings. The van der Waals surface area contributed by atoms with Gasteiger partial charge in [-0.2, -0.15) is 0 Å². The molecule has 82 valence electrons. The lowest BCUT2D eigenvalue weighted by Crippen LogP contribution is -2.32. The molecule has 0 aromatic heterocycles. The van der Waals surface area contributed by atoms with Crippen LogP contribution in [0, 0.1) is 0 Å². The summed E-state index contributed by atoms with van der Waals surface area (Å²) in [5.41, 5.74) is 0. The van der Waals surface area contributed by atoms with Crippen LogP contribution in [0.2, 0.25) is 0 Å². The topological polar surface area (TPSA) is 77.8 Å². The van der Waals surface area contributed by atoms with E-state index in [2.05, 4.69) is 0 Å². The molecule has 0 radical (unpaired) electrons. The number of carboxylic acids is 1. The second-order valence-electron chi connectivity index (χ2n) is 2.94. The van der Waals surface area contributed by atoms with E-state index in [1.54, 1.807) is 4.90 Å². The molecule has 0 bridgehead atoms. The number of hydrogen-bond donors (Lipinski definition) is 2. The molecule has 0 aliphatic heterocycles. The zero-order valence-corrected chi connectivity index (χ0v) is 8.40. The first-order chi connectivity index (χ1) is 6.61. The summed E-state index contributed by atoms with van der Waals surface area (Å²) < 4.78 is 0. The fourth-order valence-electron chi connectivity index (χ4n) is 1.09. The van der Waals surface area contributed by atoms with Gasteiger partial charge in [0.25, 0.3) is 0 Å². The van der Waals surface area contributed by atoms with Crippen LogP contribution in [-0.4, -0.2) is 46.7 Å². The van der Waals surface area contributed by atoms with E-state index >= 15 is 0 Å². The smallest absolute Gasteiger partial charge is 0.303 e. The number of amides is 1. The Balaban J connectivity index is 3.85. The number of rotatable bonds is 7. The summed E-state index contributed by atoms with van der Waals surface area (Å²) in [4.78, 5) is 23.1. The molecule has 0 saturated carbocycles. The number of carbonyl (C=O) groups excluding carboxylic acids is 1. The van der Waals surface area contributed by atoms with Gasteiger partial charge in [0.05, 0.1) is 6.42 Å². The molecule has 0 rings (SSSR count). The van der Waals surface area contributed by atoms with Crippen LogP contribution in [0.25, 0.3) is 0 Å². The van der Waals surface area contributed by atoms with E-state index in [1.807, 2.05) is 6.92 Å². The van der Waals surface area contributed by atoms with Gasteiger partial charge in [0.15, 0.2) is 0 Å². The fourth-order valence-corrected chi connectivity index (χ4v) is 1.09. The van der Waals surface area contributed by atoms with Crippen molar-refractivity contribution in [3.63, 3.8) is 0 Å². The predicted molar refractivity (Wildman–Crippen MR) is 50.8 cm³/mol. The molecule has 0 atom stereocenters. The minimum atomic E-state index is -0.962. The minimum absolute atomic E-state index is 0.0363. The first-order valence-electron chi connectivity index (χ1n) is 4.72. The van der Waals surface area contributed by atoms with Crippen LogP contribution in [-0.2, 0) is 9.59 Å². The summed E-state index contributed by atoms with van der Waals surface area (Å²) in [5.74, 6) is -1.13.